The molecule has 0 saturated carbocycles. The topological polar surface area (TPSA) is 3.24 Å². The van der Waals surface area contributed by atoms with E-state index in [0.29, 0.717) is 6.42 Å². The van der Waals surface area contributed by atoms with E-state index in [0.717, 1.165) is 31.5 Å². The van der Waals surface area contributed by atoms with Gasteiger partial charge in [0.1, 0.15) is 5.83 Å². The molecule has 0 unspecified atom stereocenters. The molecule has 1 saturated heterocycles. The van der Waals surface area contributed by atoms with Gasteiger partial charge in [0.25, 0.3) is 0 Å². The van der Waals surface area contributed by atoms with Crippen LogP contribution in [0.15, 0.2) is 35.7 Å². The van der Waals surface area contributed by atoms with Crippen molar-refractivity contribution >= 4 is 0 Å². The number of hydrogen-bond donors (Lipinski definition) is 0. The van der Waals surface area contributed by atoms with Gasteiger partial charge in [-0.05, 0) is 44.0 Å². The first kappa shape index (κ1) is 11.6. The Morgan fingerprint density at radius 2 is 1.94 bits per heavy atom. The summed E-state index contributed by atoms with van der Waals surface area (Å²) in [6, 6.07) is 0. The zero-order valence-electron chi connectivity index (χ0n) is 10.2. The Bertz CT molecular complexity index is 344. The van der Waals surface area contributed by atoms with Gasteiger partial charge >= 0.3 is 0 Å². The SMILES string of the molecule is CN1CCC(C)(C2=C(F)CC=CC=C2)CC1. The summed E-state index contributed by atoms with van der Waals surface area (Å²) in [5.41, 5.74) is 0.949. The minimum absolute atomic E-state index is 0.0269. The fraction of sp³-hybridized carbons (Fsp3) is 0.571. The Morgan fingerprint density at radius 1 is 1.25 bits per heavy atom. The van der Waals surface area contributed by atoms with E-state index in [1.54, 1.807) is 0 Å². The van der Waals surface area contributed by atoms with Crippen molar-refractivity contribution in [2.24, 2.45) is 5.41 Å². The summed E-state index contributed by atoms with van der Waals surface area (Å²) in [4.78, 5) is 2.32. The Balaban J connectivity index is 2.23. The maximum atomic E-state index is 14.0. The minimum Gasteiger partial charge on any atom is -0.306 e. The third-order valence-electron chi connectivity index (χ3n) is 3.84. The predicted octanol–water partition coefficient (Wildman–Crippen LogP) is 3.46. The van der Waals surface area contributed by atoms with Crippen LogP contribution in [-0.2, 0) is 0 Å². The van der Waals surface area contributed by atoms with Crippen LogP contribution in [0, 0.1) is 5.41 Å². The van der Waals surface area contributed by atoms with Gasteiger partial charge in [0.05, 0.1) is 0 Å². The van der Waals surface area contributed by atoms with Gasteiger partial charge in [-0.15, -0.1) is 0 Å². The third-order valence-corrected chi connectivity index (χ3v) is 3.84. The first-order valence-corrected chi connectivity index (χ1v) is 6.03. The van der Waals surface area contributed by atoms with Crippen LogP contribution in [0.4, 0.5) is 4.39 Å². The number of nitrogens with zero attached hydrogens (tertiary/aromatic N) is 1. The highest BCUT2D eigenvalue weighted by Gasteiger charge is 2.33. The Morgan fingerprint density at radius 3 is 2.62 bits per heavy atom. The van der Waals surface area contributed by atoms with Gasteiger partial charge in [-0.3, -0.25) is 0 Å². The molecule has 0 bridgehead atoms. The summed E-state index contributed by atoms with van der Waals surface area (Å²) in [5, 5.41) is 0. The largest absolute Gasteiger partial charge is 0.306 e. The number of piperidine rings is 1. The lowest BCUT2D eigenvalue weighted by atomic mass is 9.73. The summed E-state index contributed by atoms with van der Waals surface area (Å²) in [6.45, 7) is 4.33. The van der Waals surface area contributed by atoms with Crippen LogP contribution in [0.5, 0.6) is 0 Å². The molecule has 0 aromatic carbocycles. The van der Waals surface area contributed by atoms with Crippen LogP contribution in [0.2, 0.25) is 0 Å². The van der Waals surface area contributed by atoms with Gasteiger partial charge in [-0.2, -0.15) is 0 Å². The maximum Gasteiger partial charge on any atom is 0.107 e. The van der Waals surface area contributed by atoms with Crippen LogP contribution in [-0.4, -0.2) is 25.0 Å². The first-order chi connectivity index (χ1) is 7.62. The van der Waals surface area contributed by atoms with Gasteiger partial charge in [0.15, 0.2) is 0 Å². The van der Waals surface area contributed by atoms with Gasteiger partial charge in [-0.25, -0.2) is 4.39 Å². The van der Waals surface area contributed by atoms with Crippen LogP contribution in [0.1, 0.15) is 26.2 Å². The molecule has 1 nitrogen and oxygen atoms in total. The predicted molar refractivity (Wildman–Crippen MR) is 65.9 cm³/mol. The molecule has 0 N–H and O–H groups in total. The van der Waals surface area contributed by atoms with Crippen molar-refractivity contribution in [3.8, 4) is 0 Å². The molecule has 16 heavy (non-hydrogen) atoms. The molecule has 1 heterocycles. The molecule has 0 amide bonds. The minimum atomic E-state index is 0.0269. The number of allylic oxidation sites excluding steroid dienone is 6. The lowest BCUT2D eigenvalue weighted by molar-refractivity contribution is 0.170. The molecular weight excluding hydrogens is 201 g/mol. The van der Waals surface area contributed by atoms with E-state index >= 15 is 0 Å². The number of hydrogen-bond acceptors (Lipinski definition) is 1. The van der Waals surface area contributed by atoms with Crippen LogP contribution in [0.3, 0.4) is 0 Å². The van der Waals surface area contributed by atoms with Crippen molar-refractivity contribution in [2.45, 2.75) is 26.2 Å². The maximum absolute atomic E-state index is 14.0. The zero-order chi connectivity index (χ0) is 11.6. The summed E-state index contributed by atoms with van der Waals surface area (Å²) >= 11 is 0. The summed E-state index contributed by atoms with van der Waals surface area (Å²) < 4.78 is 14.0. The quantitative estimate of drug-likeness (QED) is 0.655. The monoisotopic (exact) mass is 221 g/mol. The number of halogens is 1. The highest BCUT2D eigenvalue weighted by atomic mass is 19.1. The van der Waals surface area contributed by atoms with E-state index in [-0.39, 0.29) is 11.2 Å². The number of rotatable bonds is 1. The van der Waals surface area contributed by atoms with Crippen molar-refractivity contribution in [3.63, 3.8) is 0 Å². The second-order valence-corrected chi connectivity index (χ2v) is 5.17. The third kappa shape index (κ3) is 2.27. The van der Waals surface area contributed by atoms with Crippen molar-refractivity contribution < 1.29 is 4.39 Å². The normalized spacial score (nSPS) is 25.9. The molecule has 0 spiro atoms. The van der Waals surface area contributed by atoms with E-state index < -0.39 is 0 Å². The molecule has 0 atom stereocenters. The summed E-state index contributed by atoms with van der Waals surface area (Å²) in [7, 11) is 2.13. The van der Waals surface area contributed by atoms with Crippen LogP contribution >= 0.6 is 0 Å². The van der Waals surface area contributed by atoms with Gasteiger partial charge in [0.2, 0.25) is 0 Å². The average Bonchev–Trinajstić information content (AvgIpc) is 2.48. The van der Waals surface area contributed by atoms with E-state index in [1.807, 2.05) is 24.3 Å². The molecular formula is C14H20FN. The molecule has 2 rings (SSSR count). The summed E-state index contributed by atoms with van der Waals surface area (Å²) in [5.74, 6) is 0.0528. The fourth-order valence-electron chi connectivity index (χ4n) is 2.51. The first-order valence-electron chi connectivity index (χ1n) is 6.03. The Labute approximate surface area is 97.3 Å². The molecule has 0 radical (unpaired) electrons. The second-order valence-electron chi connectivity index (χ2n) is 5.17. The molecule has 1 aliphatic carbocycles. The van der Waals surface area contributed by atoms with Crippen molar-refractivity contribution in [1.82, 2.24) is 4.90 Å². The highest BCUT2D eigenvalue weighted by molar-refractivity contribution is 5.35. The van der Waals surface area contributed by atoms with E-state index in [1.165, 1.54) is 0 Å². The average molecular weight is 221 g/mol. The van der Waals surface area contributed by atoms with E-state index in [4.69, 9.17) is 0 Å². The van der Waals surface area contributed by atoms with E-state index in [9.17, 15) is 4.39 Å². The molecule has 2 heteroatoms. The van der Waals surface area contributed by atoms with Crippen molar-refractivity contribution in [3.05, 3.63) is 35.7 Å². The zero-order valence-corrected chi connectivity index (χ0v) is 10.2. The van der Waals surface area contributed by atoms with Gasteiger partial charge in [0, 0.05) is 6.42 Å². The van der Waals surface area contributed by atoms with Gasteiger partial charge < -0.3 is 4.90 Å². The van der Waals surface area contributed by atoms with Crippen LogP contribution in [0.25, 0.3) is 0 Å². The molecule has 0 aromatic heterocycles. The standard InChI is InChI=1S/C14H20FN/c1-14(8-10-16(2)11-9-14)12-6-4-3-5-7-13(12)15/h3-6H,7-11H2,1-2H3. The van der Waals surface area contributed by atoms with Crippen LogP contribution < -0.4 is 0 Å². The molecule has 88 valence electrons. The Kier molecular flexibility index (Phi) is 3.29. The molecule has 2 aliphatic rings. The van der Waals surface area contributed by atoms with Gasteiger partial charge in [-0.1, -0.05) is 31.2 Å². The molecule has 0 aromatic rings. The van der Waals surface area contributed by atoms with Crippen molar-refractivity contribution in [2.75, 3.05) is 20.1 Å². The number of likely N-dealkylation sites (tertiary alicyclic amines) is 1. The second kappa shape index (κ2) is 4.54. The summed E-state index contributed by atoms with van der Waals surface area (Å²) in [6.07, 6.45) is 10.3. The highest BCUT2D eigenvalue weighted by Crippen LogP contribution is 2.41. The lowest BCUT2D eigenvalue weighted by Crippen LogP contribution is -2.37. The lowest BCUT2D eigenvalue weighted by Gasteiger charge is -2.39. The van der Waals surface area contributed by atoms with Crippen molar-refractivity contribution in [1.29, 1.82) is 0 Å². The smallest absolute Gasteiger partial charge is 0.107 e. The molecule has 1 aliphatic heterocycles. The van der Waals surface area contributed by atoms with E-state index in [2.05, 4.69) is 18.9 Å². The fourth-order valence-corrected chi connectivity index (χ4v) is 2.51. The molecule has 1 fully saturated rings. The Hall–Kier alpha value is -0.890.